The predicted molar refractivity (Wildman–Crippen MR) is 100 cm³/mol. The Kier molecular flexibility index (Phi) is 3.40. The summed E-state index contributed by atoms with van der Waals surface area (Å²) < 4.78 is 1.87. The van der Waals surface area contributed by atoms with E-state index in [1.807, 2.05) is 65.5 Å². The minimum atomic E-state index is 0.0625. The third-order valence-electron chi connectivity index (χ3n) is 4.72. The van der Waals surface area contributed by atoms with Crippen LogP contribution in [0.5, 0.6) is 0 Å². The van der Waals surface area contributed by atoms with Crippen molar-refractivity contribution in [1.29, 1.82) is 0 Å². The number of nitrogens with zero attached hydrogens (tertiary/aromatic N) is 3. The topological polar surface area (TPSA) is 59.8 Å². The lowest BCUT2D eigenvalue weighted by molar-refractivity contribution is 0.0991. The van der Waals surface area contributed by atoms with E-state index in [9.17, 15) is 4.79 Å². The number of Topliss-reactive ketones (excluding diaryl/α,β-unsaturated/α-hetero) is 1. The van der Waals surface area contributed by atoms with E-state index in [1.165, 1.54) is 0 Å². The average Bonchev–Trinajstić information content (AvgIpc) is 3.10. The third kappa shape index (κ3) is 2.33. The first-order chi connectivity index (χ1) is 12.8. The van der Waals surface area contributed by atoms with Gasteiger partial charge in [-0.3, -0.25) is 9.78 Å². The van der Waals surface area contributed by atoms with Crippen LogP contribution in [0.3, 0.4) is 0 Å². The van der Waals surface area contributed by atoms with Crippen molar-refractivity contribution in [2.75, 3.05) is 6.54 Å². The van der Waals surface area contributed by atoms with Crippen LogP contribution >= 0.6 is 0 Å². The summed E-state index contributed by atoms with van der Waals surface area (Å²) >= 11 is 0. The summed E-state index contributed by atoms with van der Waals surface area (Å²) in [7, 11) is 0. The number of aromatic nitrogens is 3. The fourth-order valence-corrected chi connectivity index (χ4v) is 3.49. The minimum Gasteiger partial charge on any atom is -0.305 e. The molecule has 2 aromatic carbocycles. The largest absolute Gasteiger partial charge is 0.305 e. The predicted octanol–water partition coefficient (Wildman–Crippen LogP) is 3.37. The number of carbonyl (C=O) groups excluding carboxylic acids is 1. The molecule has 0 unspecified atom stereocenters. The van der Waals surface area contributed by atoms with Gasteiger partial charge in [-0.05, 0) is 24.3 Å². The summed E-state index contributed by atoms with van der Waals surface area (Å²) in [4.78, 5) is 17.2. The van der Waals surface area contributed by atoms with Gasteiger partial charge in [0.1, 0.15) is 5.69 Å². The molecule has 0 bridgehead atoms. The molecule has 1 aliphatic heterocycles. The summed E-state index contributed by atoms with van der Waals surface area (Å²) in [6.07, 6.45) is 3.79. The van der Waals surface area contributed by atoms with Crippen LogP contribution < -0.4 is 5.32 Å². The highest BCUT2D eigenvalue weighted by Crippen LogP contribution is 2.34. The highest BCUT2D eigenvalue weighted by Gasteiger charge is 2.24. The van der Waals surface area contributed by atoms with Crippen LogP contribution in [-0.4, -0.2) is 27.1 Å². The Morgan fingerprint density at radius 2 is 1.85 bits per heavy atom. The van der Waals surface area contributed by atoms with E-state index in [4.69, 9.17) is 5.10 Å². The first-order valence-corrected chi connectivity index (χ1v) is 8.57. The number of carbonyl (C=O) groups is 1. The first kappa shape index (κ1) is 15.0. The number of pyridine rings is 1. The van der Waals surface area contributed by atoms with Gasteiger partial charge in [0, 0.05) is 41.0 Å². The Balaban J connectivity index is 1.82. The summed E-state index contributed by atoms with van der Waals surface area (Å²) in [6.45, 7) is 0.901. The molecule has 1 N–H and O–H groups in total. The zero-order chi connectivity index (χ0) is 17.5. The number of fused-ring (bicyclic) bond motifs is 5. The van der Waals surface area contributed by atoms with Crippen molar-refractivity contribution in [3.05, 3.63) is 78.1 Å². The SMILES string of the molecule is O=C1CNCc2cn(-c3ccccc3)nc2-c2c1ccc1cccnc21. The van der Waals surface area contributed by atoms with Gasteiger partial charge in [0.2, 0.25) is 0 Å². The second-order valence-corrected chi connectivity index (χ2v) is 6.37. The van der Waals surface area contributed by atoms with Gasteiger partial charge in [-0.1, -0.05) is 30.3 Å². The van der Waals surface area contributed by atoms with Gasteiger partial charge in [-0.2, -0.15) is 5.10 Å². The minimum absolute atomic E-state index is 0.0625. The fraction of sp³-hybridized carbons (Fsp3) is 0.0952. The Morgan fingerprint density at radius 3 is 2.73 bits per heavy atom. The number of nitrogens with one attached hydrogen (secondary N) is 1. The molecule has 0 spiro atoms. The molecule has 5 heteroatoms. The maximum atomic E-state index is 12.7. The molecule has 0 fully saturated rings. The zero-order valence-electron chi connectivity index (χ0n) is 14.0. The molecule has 5 nitrogen and oxygen atoms in total. The molecule has 0 amide bonds. The lowest BCUT2D eigenvalue weighted by Gasteiger charge is -2.15. The van der Waals surface area contributed by atoms with E-state index < -0.39 is 0 Å². The number of ketones is 1. The van der Waals surface area contributed by atoms with E-state index in [-0.39, 0.29) is 5.78 Å². The molecule has 126 valence electrons. The molecule has 3 heterocycles. The zero-order valence-corrected chi connectivity index (χ0v) is 14.0. The van der Waals surface area contributed by atoms with Gasteiger partial charge in [0.25, 0.3) is 0 Å². The Bertz CT molecular complexity index is 1130. The summed E-state index contributed by atoms with van der Waals surface area (Å²) in [5.74, 6) is 0.0625. The molecule has 5 rings (SSSR count). The van der Waals surface area contributed by atoms with Crippen LogP contribution in [0.1, 0.15) is 15.9 Å². The quantitative estimate of drug-likeness (QED) is 0.577. The van der Waals surface area contributed by atoms with Gasteiger partial charge >= 0.3 is 0 Å². The van der Waals surface area contributed by atoms with E-state index >= 15 is 0 Å². The molecular formula is C21H16N4O. The Labute approximate surface area is 150 Å². The van der Waals surface area contributed by atoms with E-state index in [2.05, 4.69) is 10.3 Å². The smallest absolute Gasteiger partial charge is 0.177 e. The second kappa shape index (κ2) is 5.89. The maximum Gasteiger partial charge on any atom is 0.177 e. The Hall–Kier alpha value is -3.31. The van der Waals surface area contributed by atoms with Crippen molar-refractivity contribution >= 4 is 16.7 Å². The number of hydrogen-bond donors (Lipinski definition) is 1. The molecule has 0 radical (unpaired) electrons. The first-order valence-electron chi connectivity index (χ1n) is 8.57. The lowest BCUT2D eigenvalue weighted by Crippen LogP contribution is -2.25. The fourth-order valence-electron chi connectivity index (χ4n) is 3.49. The molecule has 0 saturated heterocycles. The van der Waals surface area contributed by atoms with Gasteiger partial charge < -0.3 is 5.32 Å². The number of benzene rings is 2. The average molecular weight is 340 g/mol. The van der Waals surface area contributed by atoms with Crippen molar-refractivity contribution < 1.29 is 4.79 Å². The van der Waals surface area contributed by atoms with Gasteiger partial charge in [0.15, 0.2) is 5.78 Å². The monoisotopic (exact) mass is 340 g/mol. The normalized spacial score (nSPS) is 13.8. The molecule has 26 heavy (non-hydrogen) atoms. The van der Waals surface area contributed by atoms with Crippen LogP contribution in [0, 0.1) is 0 Å². The van der Waals surface area contributed by atoms with Crippen LogP contribution in [0.25, 0.3) is 27.8 Å². The standard InChI is InChI=1S/C21H16N4O/c26-18-12-22-11-15-13-25(16-6-2-1-3-7-16)24-21(15)19-17(18)9-8-14-5-4-10-23-20(14)19/h1-10,13,22H,11-12H2. The molecule has 0 atom stereocenters. The van der Waals surface area contributed by atoms with Gasteiger partial charge in [0.05, 0.1) is 17.7 Å². The molecular weight excluding hydrogens is 324 g/mol. The Morgan fingerprint density at radius 1 is 0.962 bits per heavy atom. The highest BCUT2D eigenvalue weighted by atomic mass is 16.1. The number of para-hydroxylation sites is 1. The van der Waals surface area contributed by atoms with Crippen molar-refractivity contribution in [2.24, 2.45) is 0 Å². The lowest BCUT2D eigenvalue weighted by atomic mass is 9.94. The van der Waals surface area contributed by atoms with Gasteiger partial charge in [-0.25, -0.2) is 4.68 Å². The van der Waals surface area contributed by atoms with E-state index in [0.29, 0.717) is 18.7 Å². The summed E-state index contributed by atoms with van der Waals surface area (Å²) in [6, 6.07) is 17.7. The van der Waals surface area contributed by atoms with E-state index in [0.717, 1.165) is 33.4 Å². The van der Waals surface area contributed by atoms with Gasteiger partial charge in [-0.15, -0.1) is 0 Å². The van der Waals surface area contributed by atoms with Crippen LogP contribution in [0.15, 0.2) is 67.0 Å². The van der Waals surface area contributed by atoms with Crippen molar-refractivity contribution in [3.8, 4) is 16.9 Å². The van der Waals surface area contributed by atoms with E-state index in [1.54, 1.807) is 6.20 Å². The van der Waals surface area contributed by atoms with Crippen LogP contribution in [-0.2, 0) is 6.54 Å². The summed E-state index contributed by atoms with van der Waals surface area (Å²) in [5, 5.41) is 9.06. The van der Waals surface area contributed by atoms with Crippen LogP contribution in [0.4, 0.5) is 0 Å². The number of rotatable bonds is 1. The highest BCUT2D eigenvalue weighted by molar-refractivity contribution is 6.10. The van der Waals surface area contributed by atoms with Crippen molar-refractivity contribution in [1.82, 2.24) is 20.1 Å². The number of hydrogen-bond acceptors (Lipinski definition) is 4. The van der Waals surface area contributed by atoms with Crippen molar-refractivity contribution in [2.45, 2.75) is 6.54 Å². The molecule has 0 aliphatic carbocycles. The second-order valence-electron chi connectivity index (χ2n) is 6.37. The molecule has 1 aliphatic rings. The molecule has 0 saturated carbocycles. The maximum absolute atomic E-state index is 12.7. The molecule has 4 aromatic rings. The van der Waals surface area contributed by atoms with Crippen molar-refractivity contribution in [3.63, 3.8) is 0 Å². The third-order valence-corrected chi connectivity index (χ3v) is 4.72. The summed E-state index contributed by atoms with van der Waals surface area (Å²) in [5.41, 5.74) is 5.18. The molecule has 2 aromatic heterocycles. The van der Waals surface area contributed by atoms with Crippen LogP contribution in [0.2, 0.25) is 0 Å².